The minimum absolute atomic E-state index is 0.0104. The summed E-state index contributed by atoms with van der Waals surface area (Å²) < 4.78 is 18.6. The molecule has 0 amide bonds. The van der Waals surface area contributed by atoms with Crippen molar-refractivity contribution in [2.75, 3.05) is 0 Å². The number of furan rings is 1. The van der Waals surface area contributed by atoms with E-state index in [1.54, 1.807) is 0 Å². The van der Waals surface area contributed by atoms with Crippen LogP contribution in [-0.2, 0) is 12.0 Å². The van der Waals surface area contributed by atoms with Crippen LogP contribution in [0.25, 0.3) is 0 Å². The van der Waals surface area contributed by atoms with E-state index in [1.807, 2.05) is 25.1 Å². The van der Waals surface area contributed by atoms with Crippen molar-refractivity contribution in [3.63, 3.8) is 0 Å². The van der Waals surface area contributed by atoms with Gasteiger partial charge < -0.3 is 9.73 Å². The van der Waals surface area contributed by atoms with Gasteiger partial charge in [-0.1, -0.05) is 26.0 Å². The second-order valence-corrected chi connectivity index (χ2v) is 6.41. The Morgan fingerprint density at radius 1 is 1.14 bits per heavy atom. The second-order valence-electron chi connectivity index (χ2n) is 6.41. The number of rotatable bonds is 6. The predicted octanol–water partition coefficient (Wildman–Crippen LogP) is 4.57. The highest BCUT2D eigenvalue weighted by Gasteiger charge is 2.26. The number of hydrogen-bond donors (Lipinski definition) is 1. The predicted molar refractivity (Wildman–Crippen MR) is 83.8 cm³/mol. The molecule has 1 atom stereocenters. The second kappa shape index (κ2) is 6.44. The molecule has 0 aliphatic rings. The average Bonchev–Trinajstić information content (AvgIpc) is 2.85. The van der Waals surface area contributed by atoms with Gasteiger partial charge in [0.05, 0.1) is 0 Å². The lowest BCUT2D eigenvalue weighted by Gasteiger charge is -2.26. The molecule has 2 nitrogen and oxygen atoms in total. The molecule has 1 N–H and O–H groups in total. The maximum atomic E-state index is 12.9. The molecule has 0 unspecified atom stereocenters. The monoisotopic (exact) mass is 289 g/mol. The van der Waals surface area contributed by atoms with E-state index in [0.29, 0.717) is 6.04 Å². The lowest BCUT2D eigenvalue weighted by atomic mass is 9.83. The van der Waals surface area contributed by atoms with E-state index in [9.17, 15) is 4.39 Å². The average molecular weight is 289 g/mol. The fourth-order valence-electron chi connectivity index (χ4n) is 2.63. The molecule has 2 aromatic rings. The van der Waals surface area contributed by atoms with Gasteiger partial charge in [0.15, 0.2) is 0 Å². The third-order valence-corrected chi connectivity index (χ3v) is 3.79. The zero-order valence-corrected chi connectivity index (χ0v) is 13.2. The summed E-state index contributed by atoms with van der Waals surface area (Å²) in [6.07, 6.45) is 0.973. The van der Waals surface area contributed by atoms with E-state index in [0.717, 1.165) is 30.0 Å². The minimum Gasteiger partial charge on any atom is -0.466 e. The molecule has 0 aliphatic heterocycles. The third kappa shape index (κ3) is 4.43. The Morgan fingerprint density at radius 2 is 1.81 bits per heavy atom. The third-order valence-electron chi connectivity index (χ3n) is 3.79. The summed E-state index contributed by atoms with van der Waals surface area (Å²) in [5, 5.41) is 3.49. The van der Waals surface area contributed by atoms with Crippen LogP contribution in [-0.4, -0.2) is 6.04 Å². The molecule has 0 fully saturated rings. The van der Waals surface area contributed by atoms with Crippen molar-refractivity contribution in [3.8, 4) is 0 Å². The Balaban J connectivity index is 1.89. The van der Waals surface area contributed by atoms with Crippen LogP contribution in [0.4, 0.5) is 4.39 Å². The summed E-state index contributed by atoms with van der Waals surface area (Å²) in [5.74, 6) is 1.78. The minimum atomic E-state index is -0.193. The van der Waals surface area contributed by atoms with Gasteiger partial charge in [-0.2, -0.15) is 0 Å². The molecule has 1 heterocycles. The fourth-order valence-corrected chi connectivity index (χ4v) is 2.63. The zero-order chi connectivity index (χ0) is 15.5. The molecule has 114 valence electrons. The topological polar surface area (TPSA) is 25.2 Å². The maximum absolute atomic E-state index is 12.9. The number of hydrogen-bond acceptors (Lipinski definition) is 2. The van der Waals surface area contributed by atoms with Gasteiger partial charge in [-0.3, -0.25) is 0 Å². The number of nitrogens with one attached hydrogen (secondary N) is 1. The maximum Gasteiger partial charge on any atom is 0.123 e. The lowest BCUT2D eigenvalue weighted by Crippen LogP contribution is -2.32. The van der Waals surface area contributed by atoms with Crippen molar-refractivity contribution < 1.29 is 8.81 Å². The van der Waals surface area contributed by atoms with E-state index >= 15 is 0 Å². The van der Waals surface area contributed by atoms with Crippen molar-refractivity contribution >= 4 is 0 Å². The van der Waals surface area contributed by atoms with Crippen LogP contribution in [0.15, 0.2) is 40.8 Å². The molecular formula is C18H24FNO. The number of benzene rings is 1. The molecule has 1 aromatic heterocycles. The first-order valence-electron chi connectivity index (χ1n) is 7.41. The molecule has 2 rings (SSSR count). The van der Waals surface area contributed by atoms with Gasteiger partial charge >= 0.3 is 0 Å². The van der Waals surface area contributed by atoms with Crippen LogP contribution >= 0.6 is 0 Å². The standard InChI is InChI=1S/C18H24FNO/c1-13(20-12-15-6-8-16(19)9-7-15)11-18(3,4)17-10-5-14(2)21-17/h5-10,13,20H,11-12H2,1-4H3/t13-/m1/s1. The highest BCUT2D eigenvalue weighted by atomic mass is 19.1. The molecule has 0 radical (unpaired) electrons. The summed E-state index contributed by atoms with van der Waals surface area (Å²) in [5.41, 5.74) is 1.08. The first-order valence-corrected chi connectivity index (χ1v) is 7.41. The van der Waals surface area contributed by atoms with Crippen molar-refractivity contribution in [3.05, 3.63) is 59.3 Å². The first kappa shape index (κ1) is 15.8. The summed E-state index contributed by atoms with van der Waals surface area (Å²) in [4.78, 5) is 0. The van der Waals surface area contributed by atoms with Crippen LogP contribution in [0, 0.1) is 12.7 Å². The molecule has 0 aliphatic carbocycles. The summed E-state index contributed by atoms with van der Waals surface area (Å²) in [6.45, 7) is 9.27. The van der Waals surface area contributed by atoms with Crippen LogP contribution in [0.2, 0.25) is 0 Å². The van der Waals surface area contributed by atoms with Gasteiger partial charge in [0.2, 0.25) is 0 Å². The van der Waals surface area contributed by atoms with Crippen LogP contribution in [0.1, 0.15) is 44.3 Å². The molecule has 1 aromatic carbocycles. The molecule has 0 saturated carbocycles. The Labute approximate surface area is 126 Å². The van der Waals surface area contributed by atoms with Crippen LogP contribution < -0.4 is 5.32 Å². The van der Waals surface area contributed by atoms with Crippen molar-refractivity contribution in [1.29, 1.82) is 0 Å². The Bertz CT molecular complexity index is 571. The van der Waals surface area contributed by atoms with Crippen LogP contribution in [0.3, 0.4) is 0 Å². The number of aryl methyl sites for hydroxylation is 1. The van der Waals surface area contributed by atoms with Crippen molar-refractivity contribution in [2.45, 2.75) is 52.1 Å². The first-order chi connectivity index (χ1) is 9.87. The van der Waals surface area contributed by atoms with E-state index in [4.69, 9.17) is 4.42 Å². The van der Waals surface area contributed by atoms with Crippen LogP contribution in [0.5, 0.6) is 0 Å². The van der Waals surface area contributed by atoms with Gasteiger partial charge in [0.1, 0.15) is 17.3 Å². The molecule has 3 heteroatoms. The molecule has 0 saturated heterocycles. The molecular weight excluding hydrogens is 265 g/mol. The smallest absolute Gasteiger partial charge is 0.123 e. The van der Waals surface area contributed by atoms with Gasteiger partial charge in [-0.15, -0.1) is 0 Å². The SMILES string of the molecule is Cc1ccc(C(C)(C)C[C@@H](C)NCc2ccc(F)cc2)o1. The quantitative estimate of drug-likeness (QED) is 0.842. The van der Waals surface area contributed by atoms with E-state index in [1.165, 1.54) is 12.1 Å². The summed E-state index contributed by atoms with van der Waals surface area (Å²) in [7, 11) is 0. The largest absolute Gasteiger partial charge is 0.466 e. The normalized spacial score (nSPS) is 13.4. The van der Waals surface area contributed by atoms with Gasteiger partial charge in [-0.05, 0) is 50.1 Å². The Kier molecular flexibility index (Phi) is 4.84. The van der Waals surface area contributed by atoms with E-state index in [-0.39, 0.29) is 11.2 Å². The van der Waals surface area contributed by atoms with Crippen molar-refractivity contribution in [1.82, 2.24) is 5.32 Å². The molecule has 0 spiro atoms. The van der Waals surface area contributed by atoms with Gasteiger partial charge in [0.25, 0.3) is 0 Å². The molecule has 0 bridgehead atoms. The van der Waals surface area contributed by atoms with E-state index in [2.05, 4.69) is 32.2 Å². The Morgan fingerprint density at radius 3 is 2.38 bits per heavy atom. The van der Waals surface area contributed by atoms with Crippen molar-refractivity contribution in [2.24, 2.45) is 0 Å². The highest BCUT2D eigenvalue weighted by molar-refractivity contribution is 5.17. The summed E-state index contributed by atoms with van der Waals surface area (Å²) in [6, 6.07) is 11.0. The zero-order valence-electron chi connectivity index (χ0n) is 13.2. The molecule has 21 heavy (non-hydrogen) atoms. The van der Waals surface area contributed by atoms with E-state index < -0.39 is 0 Å². The fraction of sp³-hybridized carbons (Fsp3) is 0.444. The van der Waals surface area contributed by atoms with Gasteiger partial charge in [-0.25, -0.2) is 4.39 Å². The Hall–Kier alpha value is -1.61. The number of halogens is 1. The lowest BCUT2D eigenvalue weighted by molar-refractivity contribution is 0.319. The summed E-state index contributed by atoms with van der Waals surface area (Å²) >= 11 is 0. The van der Waals surface area contributed by atoms with Gasteiger partial charge in [0, 0.05) is 18.0 Å². The highest BCUT2D eigenvalue weighted by Crippen LogP contribution is 2.29.